The molecule has 1 heterocycles. The number of aliphatic hydroxyl groups excluding tert-OH is 1. The van der Waals surface area contributed by atoms with Crippen LogP contribution in [0.4, 0.5) is 0 Å². The van der Waals surface area contributed by atoms with E-state index in [0.29, 0.717) is 16.5 Å². The van der Waals surface area contributed by atoms with Crippen LogP contribution in [-0.4, -0.2) is 47.3 Å². The molecular weight excluding hydrogens is 386 g/mol. The van der Waals surface area contributed by atoms with Gasteiger partial charge in [0.05, 0.1) is 23.3 Å². The van der Waals surface area contributed by atoms with Crippen molar-refractivity contribution in [2.75, 3.05) is 12.4 Å². The Balaban J connectivity index is 1.60. The number of rotatable bonds is 5. The molecule has 148 valence electrons. The minimum atomic E-state index is -4.14. The number of amides is 2. The summed E-state index contributed by atoms with van der Waals surface area (Å²) in [6, 6.07) is 0. The number of sulfonamides is 1. The van der Waals surface area contributed by atoms with E-state index in [1.165, 1.54) is 6.08 Å². The standard InChI is InChI=1S/C19H25NO5S2/c1-19(2)5-3-12(4-6-19)27(24,25)20-17(22)15-11-9-13(16(15)18(20)23)14(10-11)26-8-7-21/h3-5,11,13-16,21H,6-10H2,1-2H3. The largest absolute Gasteiger partial charge is 0.396 e. The molecule has 4 rings (SSSR count). The molecule has 27 heavy (non-hydrogen) atoms. The van der Waals surface area contributed by atoms with Gasteiger partial charge >= 0.3 is 0 Å². The molecule has 2 saturated carbocycles. The summed E-state index contributed by atoms with van der Waals surface area (Å²) >= 11 is 1.63. The number of nitrogens with zero attached hydrogens (tertiary/aromatic N) is 1. The smallest absolute Gasteiger partial charge is 0.272 e. The fourth-order valence-corrected chi connectivity index (χ4v) is 7.89. The Labute approximate surface area is 164 Å². The highest BCUT2D eigenvalue weighted by Crippen LogP contribution is 2.59. The molecule has 1 aliphatic heterocycles. The van der Waals surface area contributed by atoms with E-state index in [2.05, 4.69) is 0 Å². The number of fused-ring (bicyclic) bond motifs is 5. The van der Waals surface area contributed by atoms with Crippen molar-refractivity contribution in [1.82, 2.24) is 4.31 Å². The van der Waals surface area contributed by atoms with E-state index in [1.54, 1.807) is 17.8 Å². The van der Waals surface area contributed by atoms with Crippen LogP contribution in [0.1, 0.15) is 33.1 Å². The molecule has 0 aromatic carbocycles. The number of allylic oxidation sites excluding steroid dienone is 3. The molecule has 1 saturated heterocycles. The highest BCUT2D eigenvalue weighted by molar-refractivity contribution is 7.99. The van der Waals surface area contributed by atoms with E-state index in [0.717, 1.165) is 12.8 Å². The first kappa shape index (κ1) is 19.2. The second-order valence-corrected chi connectivity index (χ2v) is 11.8. The Morgan fingerprint density at radius 2 is 1.93 bits per heavy atom. The van der Waals surface area contributed by atoms with Gasteiger partial charge in [-0.1, -0.05) is 26.0 Å². The summed E-state index contributed by atoms with van der Waals surface area (Å²) < 4.78 is 26.7. The third-order valence-electron chi connectivity index (χ3n) is 6.40. The third kappa shape index (κ3) is 2.91. The number of hydrogen-bond donors (Lipinski definition) is 1. The normalized spacial score (nSPS) is 37.1. The van der Waals surface area contributed by atoms with E-state index in [-0.39, 0.29) is 34.0 Å². The number of carbonyl (C=O) groups excluding carboxylic acids is 2. The first-order valence-corrected chi connectivity index (χ1v) is 11.9. The molecule has 2 amide bonds. The molecule has 0 spiro atoms. The lowest BCUT2D eigenvalue weighted by atomic mass is 9.81. The second kappa shape index (κ2) is 6.46. The number of hydrogen-bond acceptors (Lipinski definition) is 6. The maximum absolute atomic E-state index is 13.1. The lowest BCUT2D eigenvalue weighted by molar-refractivity contribution is -0.134. The van der Waals surface area contributed by atoms with Crippen LogP contribution in [0, 0.1) is 29.1 Å². The Morgan fingerprint density at radius 3 is 2.56 bits per heavy atom. The molecule has 2 bridgehead atoms. The quantitative estimate of drug-likeness (QED) is 0.695. The van der Waals surface area contributed by atoms with Gasteiger partial charge in [-0.25, -0.2) is 8.42 Å². The van der Waals surface area contributed by atoms with Crippen molar-refractivity contribution in [2.24, 2.45) is 29.1 Å². The number of thioether (sulfide) groups is 1. The fourth-order valence-electron chi connectivity index (χ4n) is 5.11. The molecule has 1 N–H and O–H groups in total. The van der Waals surface area contributed by atoms with Crippen molar-refractivity contribution in [3.8, 4) is 0 Å². The van der Waals surface area contributed by atoms with Crippen molar-refractivity contribution < 1.29 is 23.1 Å². The molecule has 6 nitrogen and oxygen atoms in total. The summed E-state index contributed by atoms with van der Waals surface area (Å²) in [4.78, 5) is 26.0. The van der Waals surface area contributed by atoms with Gasteiger partial charge in [0.1, 0.15) is 0 Å². The van der Waals surface area contributed by atoms with Crippen LogP contribution < -0.4 is 0 Å². The highest BCUT2D eigenvalue weighted by atomic mass is 32.2. The van der Waals surface area contributed by atoms with Crippen LogP contribution in [-0.2, 0) is 19.6 Å². The average Bonchev–Trinajstić information content (AvgIpc) is 3.24. The lowest BCUT2D eigenvalue weighted by Gasteiger charge is -2.27. The van der Waals surface area contributed by atoms with Crippen molar-refractivity contribution in [3.63, 3.8) is 0 Å². The van der Waals surface area contributed by atoms with Crippen LogP contribution in [0.2, 0.25) is 0 Å². The van der Waals surface area contributed by atoms with Gasteiger partial charge < -0.3 is 5.11 Å². The van der Waals surface area contributed by atoms with Gasteiger partial charge in [-0.2, -0.15) is 16.1 Å². The van der Waals surface area contributed by atoms with Crippen LogP contribution in [0.25, 0.3) is 0 Å². The summed E-state index contributed by atoms with van der Waals surface area (Å²) in [6.07, 6.45) is 7.12. The monoisotopic (exact) mass is 411 g/mol. The number of carbonyl (C=O) groups is 2. The summed E-state index contributed by atoms with van der Waals surface area (Å²) in [5.74, 6) is -1.40. The predicted molar refractivity (Wildman–Crippen MR) is 103 cm³/mol. The fraction of sp³-hybridized carbons (Fsp3) is 0.684. The van der Waals surface area contributed by atoms with Gasteiger partial charge in [-0.05, 0) is 42.6 Å². The summed E-state index contributed by atoms with van der Waals surface area (Å²) in [5, 5.41) is 9.29. The van der Waals surface area contributed by atoms with E-state index in [4.69, 9.17) is 5.11 Å². The maximum Gasteiger partial charge on any atom is 0.272 e. The van der Waals surface area contributed by atoms with E-state index in [9.17, 15) is 18.0 Å². The molecular formula is C19H25NO5S2. The predicted octanol–water partition coefficient (Wildman–Crippen LogP) is 1.92. The highest BCUT2D eigenvalue weighted by Gasteiger charge is 2.66. The Morgan fingerprint density at radius 1 is 1.22 bits per heavy atom. The topological polar surface area (TPSA) is 91.8 Å². The van der Waals surface area contributed by atoms with Crippen molar-refractivity contribution >= 4 is 33.6 Å². The second-order valence-electron chi connectivity index (χ2n) is 8.66. The molecule has 4 aliphatic rings. The van der Waals surface area contributed by atoms with Gasteiger partial charge in [-0.15, -0.1) is 0 Å². The molecule has 5 atom stereocenters. The minimum Gasteiger partial charge on any atom is -0.396 e. The number of aliphatic hydroxyl groups is 1. The summed E-state index contributed by atoms with van der Waals surface area (Å²) in [7, 11) is -4.14. The molecule has 0 radical (unpaired) electrons. The first-order chi connectivity index (χ1) is 12.7. The van der Waals surface area contributed by atoms with Gasteiger partial charge in [-0.3, -0.25) is 9.59 Å². The maximum atomic E-state index is 13.1. The SMILES string of the molecule is CC1(C)C=CC(S(=O)(=O)N2C(=O)C3C4CC(SCCO)C(C4)C3C2=O)=CC1. The molecule has 3 aliphatic carbocycles. The van der Waals surface area contributed by atoms with E-state index in [1.807, 2.05) is 19.9 Å². The third-order valence-corrected chi connectivity index (χ3v) is 9.53. The molecule has 8 heteroatoms. The molecule has 5 unspecified atom stereocenters. The van der Waals surface area contributed by atoms with Crippen molar-refractivity contribution in [3.05, 3.63) is 23.1 Å². The van der Waals surface area contributed by atoms with Gasteiger partial charge in [0.2, 0.25) is 11.8 Å². The zero-order chi connectivity index (χ0) is 19.6. The zero-order valence-corrected chi connectivity index (χ0v) is 17.1. The Hall–Kier alpha value is -1.12. The van der Waals surface area contributed by atoms with Crippen molar-refractivity contribution in [1.29, 1.82) is 0 Å². The average molecular weight is 412 g/mol. The van der Waals surface area contributed by atoms with Crippen LogP contribution in [0.5, 0.6) is 0 Å². The minimum absolute atomic E-state index is 0.0306. The van der Waals surface area contributed by atoms with E-state index < -0.39 is 33.7 Å². The van der Waals surface area contributed by atoms with Gasteiger partial charge in [0.25, 0.3) is 10.0 Å². The molecule has 0 aromatic heterocycles. The number of imide groups is 1. The van der Waals surface area contributed by atoms with Gasteiger partial charge in [0.15, 0.2) is 0 Å². The first-order valence-electron chi connectivity index (χ1n) is 9.42. The van der Waals surface area contributed by atoms with Crippen LogP contribution in [0.3, 0.4) is 0 Å². The van der Waals surface area contributed by atoms with Crippen LogP contribution >= 0.6 is 11.8 Å². The molecule has 0 aromatic rings. The lowest BCUT2D eigenvalue weighted by Crippen LogP contribution is -2.39. The van der Waals surface area contributed by atoms with Crippen molar-refractivity contribution in [2.45, 2.75) is 38.4 Å². The summed E-state index contributed by atoms with van der Waals surface area (Å²) in [5.41, 5.74) is -0.134. The Bertz CT molecular complexity index is 844. The van der Waals surface area contributed by atoms with Crippen LogP contribution in [0.15, 0.2) is 23.1 Å². The van der Waals surface area contributed by atoms with Gasteiger partial charge in [0, 0.05) is 11.0 Å². The van der Waals surface area contributed by atoms with E-state index >= 15 is 0 Å². The zero-order valence-electron chi connectivity index (χ0n) is 15.5. The molecule has 3 fully saturated rings. The summed E-state index contributed by atoms with van der Waals surface area (Å²) in [6.45, 7) is 4.08. The Kier molecular flexibility index (Phi) is 4.59.